The Kier molecular flexibility index (Phi) is 4.74. The van der Waals surface area contributed by atoms with Gasteiger partial charge in [-0.2, -0.15) is 0 Å². The fourth-order valence-electron chi connectivity index (χ4n) is 3.57. The van der Waals surface area contributed by atoms with Crippen LogP contribution in [0.4, 0.5) is 0 Å². The number of aromatic nitrogens is 2. The third kappa shape index (κ3) is 3.02. The fourth-order valence-corrected chi connectivity index (χ4v) is 3.85. The summed E-state index contributed by atoms with van der Waals surface area (Å²) < 4.78 is 3.14. The zero-order valence-corrected chi connectivity index (χ0v) is 15.5. The standard InChI is InChI=1S/C19H27N3S/c1-5-15(6-2)9-10-21-12-16-13(3)7-8-17-18(16)22(11-14(21)4)19(23)20-17/h7-9,14H,5-6,10-12H2,1-4H3,(H,20,23)/t14-/m0/s1. The van der Waals surface area contributed by atoms with E-state index < -0.39 is 0 Å². The summed E-state index contributed by atoms with van der Waals surface area (Å²) in [5.74, 6) is 0. The van der Waals surface area contributed by atoms with Crippen molar-refractivity contribution in [3.05, 3.63) is 39.7 Å². The Bertz CT molecular complexity index is 791. The van der Waals surface area contributed by atoms with Gasteiger partial charge in [0.2, 0.25) is 0 Å². The maximum atomic E-state index is 5.56. The Morgan fingerprint density at radius 2 is 2.09 bits per heavy atom. The number of nitrogens with zero attached hydrogens (tertiary/aromatic N) is 2. The lowest BCUT2D eigenvalue weighted by Crippen LogP contribution is -2.34. The average Bonchev–Trinajstić information content (AvgIpc) is 2.75. The molecule has 0 radical (unpaired) electrons. The zero-order valence-electron chi connectivity index (χ0n) is 14.6. The molecular formula is C19H27N3S. The highest BCUT2D eigenvalue weighted by atomic mass is 32.1. The lowest BCUT2D eigenvalue weighted by Gasteiger charge is -2.26. The predicted molar refractivity (Wildman–Crippen MR) is 100 cm³/mol. The number of benzene rings is 1. The Morgan fingerprint density at radius 1 is 1.35 bits per heavy atom. The molecule has 0 unspecified atom stereocenters. The molecule has 1 N–H and O–H groups in total. The number of imidazole rings is 1. The van der Waals surface area contributed by atoms with Gasteiger partial charge >= 0.3 is 0 Å². The summed E-state index contributed by atoms with van der Waals surface area (Å²) in [7, 11) is 0. The van der Waals surface area contributed by atoms with E-state index in [1.165, 1.54) is 22.2 Å². The van der Waals surface area contributed by atoms with Crippen molar-refractivity contribution < 1.29 is 0 Å². The summed E-state index contributed by atoms with van der Waals surface area (Å²) in [6, 6.07) is 4.84. The molecule has 4 heteroatoms. The highest BCUT2D eigenvalue weighted by Crippen LogP contribution is 2.28. The van der Waals surface area contributed by atoms with Gasteiger partial charge in [0, 0.05) is 25.7 Å². The molecule has 0 saturated heterocycles. The second kappa shape index (κ2) is 6.62. The van der Waals surface area contributed by atoms with Crippen LogP contribution in [0.15, 0.2) is 23.8 Å². The quantitative estimate of drug-likeness (QED) is 0.633. The van der Waals surface area contributed by atoms with Crippen LogP contribution in [-0.4, -0.2) is 27.0 Å². The Hall–Kier alpha value is -1.39. The Labute approximate surface area is 144 Å². The van der Waals surface area contributed by atoms with E-state index in [-0.39, 0.29) is 0 Å². The largest absolute Gasteiger partial charge is 0.331 e. The first-order valence-electron chi connectivity index (χ1n) is 8.68. The molecule has 1 aromatic heterocycles. The molecule has 0 spiro atoms. The molecule has 2 aromatic rings. The number of rotatable bonds is 4. The SMILES string of the molecule is CCC(=CCN1Cc2c(C)ccc3[nH]c(=S)n(c23)C[C@@H]1C)CC. The summed E-state index contributed by atoms with van der Waals surface area (Å²) in [5.41, 5.74) is 6.80. The maximum Gasteiger partial charge on any atom is 0.178 e. The summed E-state index contributed by atoms with van der Waals surface area (Å²) in [6.07, 6.45) is 4.73. The Morgan fingerprint density at radius 3 is 2.78 bits per heavy atom. The molecule has 3 rings (SSSR count). The highest BCUT2D eigenvalue weighted by molar-refractivity contribution is 7.71. The molecule has 0 aliphatic carbocycles. The normalized spacial score (nSPS) is 18.2. The van der Waals surface area contributed by atoms with E-state index >= 15 is 0 Å². The van der Waals surface area contributed by atoms with Gasteiger partial charge in [0.25, 0.3) is 0 Å². The van der Waals surface area contributed by atoms with Gasteiger partial charge in [-0.1, -0.05) is 31.6 Å². The molecule has 2 heterocycles. The van der Waals surface area contributed by atoms with Crippen molar-refractivity contribution in [3.8, 4) is 0 Å². The van der Waals surface area contributed by atoms with E-state index in [1.54, 1.807) is 5.57 Å². The fraction of sp³-hybridized carbons (Fsp3) is 0.526. The van der Waals surface area contributed by atoms with Gasteiger partial charge in [-0.05, 0) is 56.1 Å². The minimum atomic E-state index is 0.471. The molecule has 1 aliphatic rings. The minimum absolute atomic E-state index is 0.471. The first kappa shape index (κ1) is 16.5. The van der Waals surface area contributed by atoms with Gasteiger partial charge in [0.1, 0.15) is 0 Å². The molecule has 3 nitrogen and oxygen atoms in total. The second-order valence-electron chi connectivity index (χ2n) is 6.65. The monoisotopic (exact) mass is 329 g/mol. The maximum absolute atomic E-state index is 5.56. The molecule has 23 heavy (non-hydrogen) atoms. The number of hydrogen-bond donors (Lipinski definition) is 1. The van der Waals surface area contributed by atoms with Crippen LogP contribution in [0, 0.1) is 11.7 Å². The number of aromatic amines is 1. The van der Waals surface area contributed by atoms with E-state index in [9.17, 15) is 0 Å². The van der Waals surface area contributed by atoms with Crippen LogP contribution >= 0.6 is 12.2 Å². The number of allylic oxidation sites excluding steroid dienone is 1. The number of hydrogen-bond acceptors (Lipinski definition) is 2. The van der Waals surface area contributed by atoms with Crippen LogP contribution < -0.4 is 0 Å². The van der Waals surface area contributed by atoms with Crippen molar-refractivity contribution in [1.82, 2.24) is 14.5 Å². The van der Waals surface area contributed by atoms with E-state index in [2.05, 4.69) is 60.4 Å². The molecule has 0 amide bonds. The van der Waals surface area contributed by atoms with Gasteiger partial charge < -0.3 is 9.55 Å². The van der Waals surface area contributed by atoms with Crippen LogP contribution in [0.1, 0.15) is 44.7 Å². The van der Waals surface area contributed by atoms with Crippen molar-refractivity contribution in [1.29, 1.82) is 0 Å². The van der Waals surface area contributed by atoms with Crippen molar-refractivity contribution in [2.45, 2.75) is 59.7 Å². The van der Waals surface area contributed by atoms with Gasteiger partial charge in [-0.3, -0.25) is 4.90 Å². The summed E-state index contributed by atoms with van der Waals surface area (Å²) >= 11 is 5.56. The summed E-state index contributed by atoms with van der Waals surface area (Å²) in [4.78, 5) is 5.94. The van der Waals surface area contributed by atoms with E-state index in [0.29, 0.717) is 6.04 Å². The van der Waals surface area contributed by atoms with Gasteiger partial charge in [0.05, 0.1) is 11.0 Å². The number of nitrogens with one attached hydrogen (secondary N) is 1. The zero-order chi connectivity index (χ0) is 16.6. The van der Waals surface area contributed by atoms with Crippen LogP contribution in [0.3, 0.4) is 0 Å². The minimum Gasteiger partial charge on any atom is -0.331 e. The third-order valence-corrected chi connectivity index (χ3v) is 5.55. The molecule has 124 valence electrons. The summed E-state index contributed by atoms with van der Waals surface area (Å²) in [5, 5.41) is 0. The van der Waals surface area contributed by atoms with E-state index in [0.717, 1.165) is 37.2 Å². The smallest absolute Gasteiger partial charge is 0.178 e. The second-order valence-corrected chi connectivity index (χ2v) is 7.03. The van der Waals surface area contributed by atoms with Gasteiger partial charge in [-0.15, -0.1) is 0 Å². The first-order chi connectivity index (χ1) is 11.0. The predicted octanol–water partition coefficient (Wildman–Crippen LogP) is 4.96. The molecule has 0 saturated carbocycles. The average molecular weight is 330 g/mol. The topological polar surface area (TPSA) is 24.0 Å². The molecule has 0 fully saturated rings. The third-order valence-electron chi connectivity index (χ3n) is 5.23. The lowest BCUT2D eigenvalue weighted by atomic mass is 10.1. The molecule has 1 atom stereocenters. The van der Waals surface area contributed by atoms with Crippen LogP contribution in [-0.2, 0) is 13.1 Å². The molecule has 1 aromatic carbocycles. The van der Waals surface area contributed by atoms with Crippen molar-refractivity contribution in [2.75, 3.05) is 6.54 Å². The number of aryl methyl sites for hydroxylation is 1. The van der Waals surface area contributed by atoms with E-state index in [4.69, 9.17) is 12.2 Å². The van der Waals surface area contributed by atoms with Gasteiger partial charge in [0.15, 0.2) is 4.77 Å². The lowest BCUT2D eigenvalue weighted by molar-refractivity contribution is 0.210. The van der Waals surface area contributed by atoms with Crippen molar-refractivity contribution >= 4 is 23.3 Å². The first-order valence-corrected chi connectivity index (χ1v) is 9.08. The van der Waals surface area contributed by atoms with Crippen LogP contribution in [0.5, 0.6) is 0 Å². The molecule has 1 aliphatic heterocycles. The molecular weight excluding hydrogens is 302 g/mol. The van der Waals surface area contributed by atoms with Gasteiger partial charge in [-0.25, -0.2) is 0 Å². The highest BCUT2D eigenvalue weighted by Gasteiger charge is 2.23. The Balaban J connectivity index is 2.01. The van der Waals surface area contributed by atoms with Crippen molar-refractivity contribution in [2.24, 2.45) is 0 Å². The van der Waals surface area contributed by atoms with Crippen LogP contribution in [0.2, 0.25) is 0 Å². The number of H-pyrrole nitrogens is 1. The van der Waals surface area contributed by atoms with Crippen molar-refractivity contribution in [3.63, 3.8) is 0 Å². The van der Waals surface area contributed by atoms with Crippen LogP contribution in [0.25, 0.3) is 11.0 Å². The summed E-state index contributed by atoms with van der Waals surface area (Å²) in [6.45, 7) is 12.0. The molecule has 0 bridgehead atoms. The van der Waals surface area contributed by atoms with E-state index in [1.807, 2.05) is 0 Å².